The van der Waals surface area contributed by atoms with Gasteiger partial charge in [-0.05, 0) is 31.0 Å². The SMILES string of the molecule is CCOC(=O)CC=Cc1ccc(C(F)(F)F)c(C)c1. The number of aryl methyl sites for hydroxylation is 1. The van der Waals surface area contributed by atoms with E-state index < -0.39 is 11.7 Å². The first kappa shape index (κ1) is 15.3. The molecule has 0 heterocycles. The van der Waals surface area contributed by atoms with Gasteiger partial charge >= 0.3 is 12.1 Å². The Bertz CT molecular complexity index is 476. The minimum Gasteiger partial charge on any atom is -0.466 e. The highest BCUT2D eigenvalue weighted by atomic mass is 19.4. The van der Waals surface area contributed by atoms with E-state index in [1.807, 2.05) is 0 Å². The minimum absolute atomic E-state index is 0.105. The molecule has 1 aromatic carbocycles. The fourth-order valence-corrected chi connectivity index (χ4v) is 1.62. The number of benzene rings is 1. The third-order valence-electron chi connectivity index (χ3n) is 2.46. The van der Waals surface area contributed by atoms with Crippen LogP contribution in [0, 0.1) is 6.92 Å². The van der Waals surface area contributed by atoms with Crippen molar-refractivity contribution >= 4 is 12.0 Å². The number of rotatable bonds is 4. The Morgan fingerprint density at radius 2 is 2.05 bits per heavy atom. The molecule has 0 saturated carbocycles. The average Bonchev–Trinajstić information content (AvgIpc) is 2.27. The van der Waals surface area contributed by atoms with Gasteiger partial charge in [0.05, 0.1) is 18.6 Å². The lowest BCUT2D eigenvalue weighted by atomic mass is 10.0. The van der Waals surface area contributed by atoms with Crippen LogP contribution in [0.4, 0.5) is 13.2 Å². The highest BCUT2D eigenvalue weighted by Gasteiger charge is 2.31. The normalized spacial score (nSPS) is 11.8. The number of hydrogen-bond acceptors (Lipinski definition) is 2. The van der Waals surface area contributed by atoms with Crippen LogP contribution in [0.1, 0.15) is 30.0 Å². The third kappa shape index (κ3) is 4.77. The molecule has 5 heteroatoms. The molecule has 104 valence electrons. The van der Waals surface area contributed by atoms with E-state index in [0.717, 1.165) is 6.07 Å². The Morgan fingerprint density at radius 3 is 2.58 bits per heavy atom. The predicted molar refractivity (Wildman–Crippen MR) is 66.5 cm³/mol. The summed E-state index contributed by atoms with van der Waals surface area (Å²) in [6.45, 7) is 3.43. The maximum atomic E-state index is 12.5. The highest BCUT2D eigenvalue weighted by molar-refractivity contribution is 5.72. The van der Waals surface area contributed by atoms with Crippen molar-refractivity contribution in [2.45, 2.75) is 26.4 Å². The summed E-state index contributed by atoms with van der Waals surface area (Å²) in [6.07, 6.45) is -1.06. The fraction of sp³-hybridized carbons (Fsp3) is 0.357. The van der Waals surface area contributed by atoms with Gasteiger partial charge in [0.15, 0.2) is 0 Å². The molecule has 0 amide bonds. The van der Waals surface area contributed by atoms with Crippen molar-refractivity contribution < 1.29 is 22.7 Å². The summed E-state index contributed by atoms with van der Waals surface area (Å²) in [4.78, 5) is 11.1. The Hall–Kier alpha value is -1.78. The number of carbonyl (C=O) groups is 1. The number of halogens is 3. The molecular weight excluding hydrogens is 257 g/mol. The molecule has 19 heavy (non-hydrogen) atoms. The Balaban J connectivity index is 2.74. The second-order valence-electron chi connectivity index (χ2n) is 3.98. The molecule has 0 N–H and O–H groups in total. The van der Waals surface area contributed by atoms with Gasteiger partial charge in [-0.25, -0.2) is 0 Å². The molecule has 0 spiro atoms. The van der Waals surface area contributed by atoms with E-state index in [9.17, 15) is 18.0 Å². The van der Waals surface area contributed by atoms with E-state index in [1.54, 1.807) is 19.1 Å². The van der Waals surface area contributed by atoms with E-state index in [4.69, 9.17) is 4.74 Å². The summed E-state index contributed by atoms with van der Waals surface area (Å²) in [7, 11) is 0. The molecule has 0 aliphatic carbocycles. The lowest BCUT2D eigenvalue weighted by molar-refractivity contribution is -0.142. The number of carbonyl (C=O) groups excluding carboxylic acids is 1. The van der Waals surface area contributed by atoms with E-state index in [0.29, 0.717) is 12.2 Å². The van der Waals surface area contributed by atoms with Gasteiger partial charge in [-0.15, -0.1) is 0 Å². The van der Waals surface area contributed by atoms with Crippen molar-refractivity contribution in [3.8, 4) is 0 Å². The Labute approximate surface area is 109 Å². The monoisotopic (exact) mass is 272 g/mol. The van der Waals surface area contributed by atoms with Crippen LogP contribution in [0.5, 0.6) is 0 Å². The van der Waals surface area contributed by atoms with Crippen LogP contribution >= 0.6 is 0 Å². The molecule has 1 rings (SSSR count). The molecule has 0 radical (unpaired) electrons. The summed E-state index contributed by atoms with van der Waals surface area (Å²) in [5, 5.41) is 0. The second kappa shape index (κ2) is 6.41. The molecule has 1 aromatic rings. The van der Waals surface area contributed by atoms with Crippen molar-refractivity contribution in [3.05, 3.63) is 41.0 Å². The minimum atomic E-state index is -4.34. The van der Waals surface area contributed by atoms with Crippen molar-refractivity contribution in [2.24, 2.45) is 0 Å². The van der Waals surface area contributed by atoms with Gasteiger partial charge in [-0.1, -0.05) is 24.3 Å². The van der Waals surface area contributed by atoms with Crippen LogP contribution in [0.25, 0.3) is 6.08 Å². The largest absolute Gasteiger partial charge is 0.466 e. The maximum Gasteiger partial charge on any atom is 0.416 e. The van der Waals surface area contributed by atoms with E-state index >= 15 is 0 Å². The smallest absolute Gasteiger partial charge is 0.416 e. The molecule has 0 aromatic heterocycles. The summed E-state index contributed by atoms with van der Waals surface area (Å²) in [5.41, 5.74) is 0.135. The predicted octanol–water partition coefficient (Wildman–Crippen LogP) is 3.98. The van der Waals surface area contributed by atoms with Crippen molar-refractivity contribution in [1.29, 1.82) is 0 Å². The van der Waals surface area contributed by atoms with Gasteiger partial charge in [0, 0.05) is 0 Å². The van der Waals surface area contributed by atoms with Gasteiger partial charge in [-0.2, -0.15) is 13.2 Å². The zero-order chi connectivity index (χ0) is 14.5. The van der Waals surface area contributed by atoms with Crippen LogP contribution in [0.2, 0.25) is 0 Å². The average molecular weight is 272 g/mol. The van der Waals surface area contributed by atoms with Gasteiger partial charge in [0.2, 0.25) is 0 Å². The lowest BCUT2D eigenvalue weighted by Crippen LogP contribution is -2.07. The molecule has 2 nitrogen and oxygen atoms in total. The lowest BCUT2D eigenvalue weighted by Gasteiger charge is -2.10. The van der Waals surface area contributed by atoms with Crippen LogP contribution in [0.3, 0.4) is 0 Å². The zero-order valence-electron chi connectivity index (χ0n) is 10.8. The molecule has 0 aliphatic heterocycles. The van der Waals surface area contributed by atoms with Gasteiger partial charge in [0.25, 0.3) is 0 Å². The molecule has 0 fully saturated rings. The summed E-state index contributed by atoms with van der Waals surface area (Å²) < 4.78 is 42.4. The van der Waals surface area contributed by atoms with E-state index in [1.165, 1.54) is 19.1 Å². The Morgan fingerprint density at radius 1 is 1.37 bits per heavy atom. The topological polar surface area (TPSA) is 26.3 Å². The van der Waals surface area contributed by atoms with Gasteiger partial charge in [-0.3, -0.25) is 4.79 Å². The first-order valence-corrected chi connectivity index (χ1v) is 5.84. The van der Waals surface area contributed by atoms with Crippen LogP contribution in [-0.2, 0) is 15.7 Å². The van der Waals surface area contributed by atoms with Crippen LogP contribution < -0.4 is 0 Å². The molecule has 0 atom stereocenters. The summed E-state index contributed by atoms with van der Waals surface area (Å²) >= 11 is 0. The van der Waals surface area contributed by atoms with E-state index in [-0.39, 0.29) is 18.0 Å². The van der Waals surface area contributed by atoms with Crippen molar-refractivity contribution in [1.82, 2.24) is 0 Å². The maximum absolute atomic E-state index is 12.5. The molecule has 0 unspecified atom stereocenters. The quantitative estimate of drug-likeness (QED) is 0.775. The van der Waals surface area contributed by atoms with Gasteiger partial charge < -0.3 is 4.74 Å². The van der Waals surface area contributed by atoms with Crippen molar-refractivity contribution in [3.63, 3.8) is 0 Å². The highest BCUT2D eigenvalue weighted by Crippen LogP contribution is 2.32. The number of ether oxygens (including phenoxy) is 1. The number of esters is 1. The number of hydrogen-bond donors (Lipinski definition) is 0. The Kier molecular flexibility index (Phi) is 5.15. The zero-order valence-corrected chi connectivity index (χ0v) is 10.8. The first-order chi connectivity index (χ1) is 8.84. The molecular formula is C14H15F3O2. The second-order valence-corrected chi connectivity index (χ2v) is 3.98. The molecule has 0 bridgehead atoms. The van der Waals surface area contributed by atoms with Crippen molar-refractivity contribution in [2.75, 3.05) is 6.61 Å². The number of alkyl halides is 3. The third-order valence-corrected chi connectivity index (χ3v) is 2.46. The molecule has 0 saturated heterocycles. The van der Waals surface area contributed by atoms with Crippen LogP contribution in [-0.4, -0.2) is 12.6 Å². The van der Waals surface area contributed by atoms with Crippen LogP contribution in [0.15, 0.2) is 24.3 Å². The first-order valence-electron chi connectivity index (χ1n) is 5.84. The summed E-state index contributed by atoms with van der Waals surface area (Å²) in [5.74, 6) is -0.359. The molecule has 0 aliphatic rings. The summed E-state index contributed by atoms with van der Waals surface area (Å²) in [6, 6.07) is 3.85. The van der Waals surface area contributed by atoms with Gasteiger partial charge in [0.1, 0.15) is 0 Å². The standard InChI is InChI=1S/C14H15F3O2/c1-3-19-13(18)6-4-5-11-7-8-12(10(2)9-11)14(15,16)17/h4-5,7-9H,3,6H2,1-2H3. The fourth-order valence-electron chi connectivity index (χ4n) is 1.62. The van der Waals surface area contributed by atoms with E-state index in [2.05, 4.69) is 0 Å².